The fourth-order valence-electron chi connectivity index (χ4n) is 2.92. The first-order chi connectivity index (χ1) is 11.7. The number of carbonyl (C=O) groups excluding carboxylic acids is 1. The van der Waals surface area contributed by atoms with E-state index in [4.69, 9.17) is 10.1 Å². The smallest absolute Gasteiger partial charge is 0.190 e. The second-order valence-electron chi connectivity index (χ2n) is 5.50. The summed E-state index contributed by atoms with van der Waals surface area (Å²) in [7, 11) is 0. The van der Waals surface area contributed by atoms with Crippen LogP contribution in [0.25, 0.3) is 10.8 Å². The molecular weight excluding hydrogens is 302 g/mol. The topological polar surface area (TPSA) is 70.4 Å². The number of hydrogen-bond donors (Lipinski definition) is 2. The highest BCUT2D eigenvalue weighted by atomic mass is 16.5. The number of ketones is 1. The minimum atomic E-state index is -0.284. The lowest BCUT2D eigenvalue weighted by molar-refractivity contribution is 0.104. The van der Waals surface area contributed by atoms with E-state index in [0.29, 0.717) is 22.3 Å². The molecule has 2 N–H and O–H groups in total. The number of para-hydroxylation sites is 1. The molecule has 0 atom stereocenters. The van der Waals surface area contributed by atoms with Crippen molar-refractivity contribution in [1.29, 1.82) is 5.41 Å². The molecule has 0 aliphatic heterocycles. The maximum absolute atomic E-state index is 12.5. The maximum Gasteiger partial charge on any atom is 0.190 e. The molecule has 3 aromatic carbocycles. The van der Waals surface area contributed by atoms with Gasteiger partial charge in [-0.1, -0.05) is 42.5 Å². The highest BCUT2D eigenvalue weighted by molar-refractivity contribution is 6.28. The van der Waals surface area contributed by atoms with Gasteiger partial charge in [-0.05, 0) is 24.3 Å². The van der Waals surface area contributed by atoms with Gasteiger partial charge in [-0.15, -0.1) is 0 Å². The summed E-state index contributed by atoms with van der Waals surface area (Å²) in [5.41, 5.74) is 0.528. The molecule has 0 amide bonds. The van der Waals surface area contributed by atoms with Gasteiger partial charge in [-0.2, -0.15) is 0 Å². The zero-order chi connectivity index (χ0) is 16.7. The first-order valence-electron chi connectivity index (χ1n) is 7.48. The molecule has 4 nitrogen and oxygen atoms in total. The molecule has 0 saturated carbocycles. The Hall–Kier alpha value is -3.40. The predicted molar refractivity (Wildman–Crippen MR) is 92.4 cm³/mol. The fourth-order valence-corrected chi connectivity index (χ4v) is 2.92. The van der Waals surface area contributed by atoms with Crippen LogP contribution in [0, 0.1) is 5.41 Å². The van der Waals surface area contributed by atoms with Gasteiger partial charge in [0.1, 0.15) is 17.2 Å². The van der Waals surface area contributed by atoms with Crippen molar-refractivity contribution in [1.82, 2.24) is 0 Å². The van der Waals surface area contributed by atoms with Gasteiger partial charge in [0.15, 0.2) is 5.78 Å². The van der Waals surface area contributed by atoms with Gasteiger partial charge >= 0.3 is 0 Å². The van der Waals surface area contributed by atoms with E-state index in [0.717, 1.165) is 0 Å². The SMILES string of the molecule is N=C1C=CC(=O)c2c1c(O)c1ccccc1c2Oc1ccccc1. The first-order valence-corrected chi connectivity index (χ1v) is 7.48. The number of allylic oxidation sites excluding steroid dienone is 2. The van der Waals surface area contributed by atoms with E-state index in [1.807, 2.05) is 24.3 Å². The average molecular weight is 315 g/mol. The fraction of sp³-hybridized carbons (Fsp3) is 0. The zero-order valence-electron chi connectivity index (χ0n) is 12.6. The Morgan fingerprint density at radius 2 is 1.50 bits per heavy atom. The molecule has 116 valence electrons. The molecular formula is C20H13NO3. The van der Waals surface area contributed by atoms with Crippen molar-refractivity contribution < 1.29 is 14.6 Å². The standard InChI is InChI=1S/C20H13NO3/c21-15-10-11-16(22)18-17(15)19(23)13-8-4-5-9-14(13)20(18)24-12-6-2-1-3-7-12/h1-11,21,23H. The molecule has 0 heterocycles. The molecule has 0 radical (unpaired) electrons. The quantitative estimate of drug-likeness (QED) is 0.733. The lowest BCUT2D eigenvalue weighted by atomic mass is 9.89. The van der Waals surface area contributed by atoms with Crippen LogP contribution in [0.2, 0.25) is 0 Å². The zero-order valence-corrected chi connectivity index (χ0v) is 12.6. The van der Waals surface area contributed by atoms with Crippen molar-refractivity contribution in [2.24, 2.45) is 0 Å². The number of phenolic OH excluding ortho intramolecular Hbond substituents is 1. The van der Waals surface area contributed by atoms with Crippen LogP contribution in [0.3, 0.4) is 0 Å². The molecule has 0 spiro atoms. The Labute approximate surface area is 138 Å². The Morgan fingerprint density at radius 3 is 2.25 bits per heavy atom. The van der Waals surface area contributed by atoms with Crippen LogP contribution in [0.5, 0.6) is 17.2 Å². The van der Waals surface area contributed by atoms with Gasteiger partial charge < -0.3 is 15.3 Å². The molecule has 4 rings (SSSR count). The van der Waals surface area contributed by atoms with E-state index in [-0.39, 0.29) is 28.4 Å². The van der Waals surface area contributed by atoms with Crippen molar-refractivity contribution in [2.45, 2.75) is 0 Å². The highest BCUT2D eigenvalue weighted by Crippen LogP contribution is 2.43. The van der Waals surface area contributed by atoms with Gasteiger partial charge in [0, 0.05) is 10.8 Å². The summed E-state index contributed by atoms with van der Waals surface area (Å²) in [4.78, 5) is 12.5. The van der Waals surface area contributed by atoms with Crippen molar-refractivity contribution in [3.63, 3.8) is 0 Å². The third kappa shape index (κ3) is 2.08. The lowest BCUT2D eigenvalue weighted by Crippen LogP contribution is -2.14. The Kier molecular flexibility index (Phi) is 3.17. The van der Waals surface area contributed by atoms with Crippen molar-refractivity contribution >= 4 is 22.3 Å². The minimum absolute atomic E-state index is 0.0660. The number of rotatable bonds is 2. The molecule has 1 aliphatic carbocycles. The summed E-state index contributed by atoms with van der Waals surface area (Å²) in [6, 6.07) is 16.3. The summed E-state index contributed by atoms with van der Waals surface area (Å²) in [6.07, 6.45) is 2.72. The Morgan fingerprint density at radius 1 is 0.833 bits per heavy atom. The highest BCUT2D eigenvalue weighted by Gasteiger charge is 2.28. The van der Waals surface area contributed by atoms with E-state index in [1.165, 1.54) is 12.2 Å². The number of ether oxygens (including phenoxy) is 1. The van der Waals surface area contributed by atoms with Gasteiger partial charge in [0.25, 0.3) is 0 Å². The summed E-state index contributed by atoms with van der Waals surface area (Å²) in [5, 5.41) is 19.9. The first kappa shape index (κ1) is 14.2. The second-order valence-corrected chi connectivity index (χ2v) is 5.50. The summed E-state index contributed by atoms with van der Waals surface area (Å²) in [6.45, 7) is 0. The minimum Gasteiger partial charge on any atom is -0.507 e. The number of aromatic hydroxyl groups is 1. The molecule has 0 fully saturated rings. The van der Waals surface area contributed by atoms with Gasteiger partial charge in [0.2, 0.25) is 0 Å². The molecule has 3 aromatic rings. The van der Waals surface area contributed by atoms with E-state index >= 15 is 0 Å². The van der Waals surface area contributed by atoms with E-state index in [9.17, 15) is 9.90 Å². The monoisotopic (exact) mass is 315 g/mol. The van der Waals surface area contributed by atoms with E-state index in [2.05, 4.69) is 0 Å². The maximum atomic E-state index is 12.5. The van der Waals surface area contributed by atoms with Crippen LogP contribution in [-0.4, -0.2) is 16.6 Å². The molecule has 24 heavy (non-hydrogen) atoms. The molecule has 4 heteroatoms. The number of carbonyl (C=O) groups is 1. The number of fused-ring (bicyclic) bond motifs is 2. The number of nitrogens with one attached hydrogen (secondary N) is 1. The molecule has 0 unspecified atom stereocenters. The van der Waals surface area contributed by atoms with Crippen LogP contribution in [0.15, 0.2) is 66.7 Å². The summed E-state index contributed by atoms with van der Waals surface area (Å²) < 4.78 is 6.00. The molecule has 0 aromatic heterocycles. The van der Waals surface area contributed by atoms with Crippen LogP contribution in [0.4, 0.5) is 0 Å². The van der Waals surface area contributed by atoms with E-state index < -0.39 is 0 Å². The number of benzene rings is 3. The predicted octanol–water partition coefficient (Wildman–Crippen LogP) is 4.46. The van der Waals surface area contributed by atoms with Crippen LogP contribution in [0.1, 0.15) is 15.9 Å². The Bertz CT molecular complexity index is 1020. The van der Waals surface area contributed by atoms with Crippen LogP contribution < -0.4 is 4.74 Å². The third-order valence-corrected chi connectivity index (χ3v) is 4.02. The van der Waals surface area contributed by atoms with Gasteiger partial charge in [-0.3, -0.25) is 4.79 Å². The summed E-state index contributed by atoms with van der Waals surface area (Å²) >= 11 is 0. The molecule has 0 bridgehead atoms. The van der Waals surface area contributed by atoms with Crippen LogP contribution in [-0.2, 0) is 0 Å². The third-order valence-electron chi connectivity index (χ3n) is 4.02. The number of phenols is 1. The lowest BCUT2D eigenvalue weighted by Gasteiger charge is -2.20. The largest absolute Gasteiger partial charge is 0.507 e. The molecule has 0 saturated heterocycles. The number of hydrogen-bond acceptors (Lipinski definition) is 4. The van der Waals surface area contributed by atoms with Gasteiger partial charge in [-0.25, -0.2) is 0 Å². The summed E-state index contributed by atoms with van der Waals surface area (Å²) in [5.74, 6) is 0.602. The van der Waals surface area contributed by atoms with Crippen molar-refractivity contribution in [3.05, 3.63) is 77.9 Å². The van der Waals surface area contributed by atoms with Gasteiger partial charge in [0.05, 0.1) is 16.8 Å². The van der Waals surface area contributed by atoms with Crippen LogP contribution >= 0.6 is 0 Å². The average Bonchev–Trinajstić information content (AvgIpc) is 2.61. The Balaban J connectivity index is 2.08. The second kappa shape index (κ2) is 5.35. The normalized spacial score (nSPS) is 13.2. The van der Waals surface area contributed by atoms with Crippen molar-refractivity contribution in [3.8, 4) is 17.2 Å². The molecule has 1 aliphatic rings. The van der Waals surface area contributed by atoms with E-state index in [1.54, 1.807) is 30.3 Å². The van der Waals surface area contributed by atoms with Crippen molar-refractivity contribution in [2.75, 3.05) is 0 Å².